The standard InChI is InChI=1S/C16H24N4/c1-20(15-8-3-2-4-9-15)12-6-11-18-16-10-5-7-14(13-17)19-16/h5,7,10,15H,2-4,6,8-9,11-12H2,1H3,(H,18,19). The van der Waals surface area contributed by atoms with E-state index in [1.54, 1.807) is 6.07 Å². The van der Waals surface area contributed by atoms with Crippen LogP contribution in [0.3, 0.4) is 0 Å². The van der Waals surface area contributed by atoms with Crippen molar-refractivity contribution in [3.63, 3.8) is 0 Å². The summed E-state index contributed by atoms with van der Waals surface area (Å²) >= 11 is 0. The first-order chi connectivity index (χ1) is 9.79. The predicted molar refractivity (Wildman–Crippen MR) is 81.6 cm³/mol. The zero-order valence-corrected chi connectivity index (χ0v) is 12.3. The van der Waals surface area contributed by atoms with Gasteiger partial charge in [-0.1, -0.05) is 25.3 Å². The number of anilines is 1. The number of nitriles is 1. The Hall–Kier alpha value is -1.60. The molecule has 1 aliphatic carbocycles. The Morgan fingerprint density at radius 3 is 2.90 bits per heavy atom. The maximum Gasteiger partial charge on any atom is 0.142 e. The van der Waals surface area contributed by atoms with Crippen LogP contribution in [-0.2, 0) is 0 Å². The predicted octanol–water partition coefficient (Wildman–Crippen LogP) is 3.02. The van der Waals surface area contributed by atoms with Crippen molar-refractivity contribution in [3.05, 3.63) is 23.9 Å². The van der Waals surface area contributed by atoms with Gasteiger partial charge in [0.1, 0.15) is 17.6 Å². The van der Waals surface area contributed by atoms with Crippen LogP contribution in [0.4, 0.5) is 5.82 Å². The van der Waals surface area contributed by atoms with Gasteiger partial charge < -0.3 is 10.2 Å². The lowest BCUT2D eigenvalue weighted by molar-refractivity contribution is 0.191. The molecule has 0 radical (unpaired) electrons. The molecule has 0 atom stereocenters. The first-order valence-corrected chi connectivity index (χ1v) is 7.61. The quantitative estimate of drug-likeness (QED) is 0.809. The minimum absolute atomic E-state index is 0.467. The molecule has 0 aliphatic heterocycles. The van der Waals surface area contributed by atoms with Gasteiger partial charge in [-0.05, 0) is 45.0 Å². The lowest BCUT2D eigenvalue weighted by atomic mass is 9.94. The summed E-state index contributed by atoms with van der Waals surface area (Å²) in [5.74, 6) is 0.796. The number of nitrogens with one attached hydrogen (secondary N) is 1. The van der Waals surface area contributed by atoms with E-state index in [2.05, 4.69) is 28.3 Å². The van der Waals surface area contributed by atoms with Gasteiger partial charge in [0.15, 0.2) is 0 Å². The van der Waals surface area contributed by atoms with Gasteiger partial charge >= 0.3 is 0 Å². The summed E-state index contributed by atoms with van der Waals surface area (Å²) in [6.45, 7) is 2.02. The summed E-state index contributed by atoms with van der Waals surface area (Å²) in [5, 5.41) is 12.1. The minimum Gasteiger partial charge on any atom is -0.370 e. The molecular weight excluding hydrogens is 248 g/mol. The molecule has 1 aromatic heterocycles. The molecule has 0 unspecified atom stereocenters. The van der Waals surface area contributed by atoms with E-state index in [0.29, 0.717) is 5.69 Å². The molecule has 4 nitrogen and oxygen atoms in total. The van der Waals surface area contributed by atoms with Crippen LogP contribution >= 0.6 is 0 Å². The first-order valence-electron chi connectivity index (χ1n) is 7.61. The van der Waals surface area contributed by atoms with Crippen LogP contribution in [0.15, 0.2) is 18.2 Å². The van der Waals surface area contributed by atoms with Crippen molar-refractivity contribution in [1.82, 2.24) is 9.88 Å². The highest BCUT2D eigenvalue weighted by atomic mass is 15.1. The Balaban J connectivity index is 1.66. The van der Waals surface area contributed by atoms with E-state index >= 15 is 0 Å². The molecule has 1 saturated carbocycles. The van der Waals surface area contributed by atoms with E-state index in [-0.39, 0.29) is 0 Å². The number of rotatable bonds is 6. The average molecular weight is 272 g/mol. The molecule has 108 valence electrons. The normalized spacial score (nSPS) is 16.1. The molecule has 0 saturated heterocycles. The first kappa shape index (κ1) is 14.8. The van der Waals surface area contributed by atoms with Crippen LogP contribution in [0.1, 0.15) is 44.2 Å². The van der Waals surface area contributed by atoms with Gasteiger partial charge in [0.25, 0.3) is 0 Å². The second-order valence-electron chi connectivity index (χ2n) is 5.57. The fourth-order valence-corrected chi connectivity index (χ4v) is 2.84. The summed E-state index contributed by atoms with van der Waals surface area (Å²) < 4.78 is 0. The van der Waals surface area contributed by atoms with Crippen LogP contribution in [0, 0.1) is 11.3 Å². The zero-order valence-electron chi connectivity index (χ0n) is 12.3. The minimum atomic E-state index is 0.467. The van der Waals surface area contributed by atoms with Crippen molar-refractivity contribution in [1.29, 1.82) is 5.26 Å². The van der Waals surface area contributed by atoms with Crippen LogP contribution in [-0.4, -0.2) is 36.1 Å². The van der Waals surface area contributed by atoms with Crippen molar-refractivity contribution < 1.29 is 0 Å². The van der Waals surface area contributed by atoms with E-state index in [1.807, 2.05) is 12.1 Å². The molecule has 0 spiro atoms. The Kier molecular flexibility index (Phi) is 5.82. The molecular formula is C16H24N4. The maximum atomic E-state index is 8.80. The van der Waals surface area contributed by atoms with Crippen LogP contribution < -0.4 is 5.32 Å². The number of hydrogen-bond acceptors (Lipinski definition) is 4. The number of pyridine rings is 1. The highest BCUT2D eigenvalue weighted by Crippen LogP contribution is 2.21. The van der Waals surface area contributed by atoms with Crippen molar-refractivity contribution >= 4 is 5.82 Å². The third kappa shape index (κ3) is 4.50. The molecule has 1 aromatic rings. The van der Waals surface area contributed by atoms with Crippen LogP contribution in [0.5, 0.6) is 0 Å². The molecule has 0 aromatic carbocycles. The van der Waals surface area contributed by atoms with E-state index in [1.165, 1.54) is 32.1 Å². The average Bonchev–Trinajstić information content (AvgIpc) is 2.52. The zero-order chi connectivity index (χ0) is 14.2. The van der Waals surface area contributed by atoms with E-state index in [9.17, 15) is 0 Å². The van der Waals surface area contributed by atoms with Gasteiger partial charge in [-0.2, -0.15) is 5.26 Å². The Labute approximate surface area is 121 Å². The molecule has 1 N–H and O–H groups in total. The van der Waals surface area contributed by atoms with E-state index in [4.69, 9.17) is 5.26 Å². The number of nitrogens with zero attached hydrogens (tertiary/aromatic N) is 3. The van der Waals surface area contributed by atoms with E-state index in [0.717, 1.165) is 31.4 Å². The Morgan fingerprint density at radius 2 is 2.15 bits per heavy atom. The lowest BCUT2D eigenvalue weighted by Gasteiger charge is -2.31. The second-order valence-corrected chi connectivity index (χ2v) is 5.57. The fraction of sp³-hybridized carbons (Fsp3) is 0.625. The van der Waals surface area contributed by atoms with Gasteiger partial charge in [-0.3, -0.25) is 0 Å². The molecule has 0 amide bonds. The highest BCUT2D eigenvalue weighted by Gasteiger charge is 2.17. The molecule has 1 heterocycles. The van der Waals surface area contributed by atoms with Crippen LogP contribution in [0.2, 0.25) is 0 Å². The maximum absolute atomic E-state index is 8.80. The third-order valence-electron chi connectivity index (χ3n) is 4.06. The van der Waals surface area contributed by atoms with Crippen LogP contribution in [0.25, 0.3) is 0 Å². The molecule has 1 aliphatic rings. The smallest absolute Gasteiger partial charge is 0.142 e. The summed E-state index contributed by atoms with van der Waals surface area (Å²) in [7, 11) is 2.24. The fourth-order valence-electron chi connectivity index (χ4n) is 2.84. The largest absolute Gasteiger partial charge is 0.370 e. The third-order valence-corrected chi connectivity index (χ3v) is 4.06. The van der Waals surface area contributed by atoms with Gasteiger partial charge in [-0.15, -0.1) is 0 Å². The van der Waals surface area contributed by atoms with Gasteiger partial charge in [-0.25, -0.2) is 4.98 Å². The van der Waals surface area contributed by atoms with Gasteiger partial charge in [0.05, 0.1) is 0 Å². The molecule has 0 bridgehead atoms. The van der Waals surface area contributed by atoms with E-state index < -0.39 is 0 Å². The monoisotopic (exact) mass is 272 g/mol. The van der Waals surface area contributed by atoms with Crippen molar-refractivity contribution in [2.24, 2.45) is 0 Å². The number of aromatic nitrogens is 1. The highest BCUT2D eigenvalue weighted by molar-refractivity contribution is 5.38. The summed E-state index contributed by atoms with van der Waals surface area (Å²) in [6, 6.07) is 8.34. The Morgan fingerprint density at radius 1 is 1.35 bits per heavy atom. The molecule has 20 heavy (non-hydrogen) atoms. The second kappa shape index (κ2) is 7.86. The lowest BCUT2D eigenvalue weighted by Crippen LogP contribution is -2.34. The number of hydrogen-bond donors (Lipinski definition) is 1. The summed E-state index contributed by atoms with van der Waals surface area (Å²) in [5.41, 5.74) is 0.467. The summed E-state index contributed by atoms with van der Waals surface area (Å²) in [6.07, 6.45) is 8.00. The molecule has 2 rings (SSSR count). The van der Waals surface area contributed by atoms with Gasteiger partial charge in [0, 0.05) is 12.6 Å². The van der Waals surface area contributed by atoms with Gasteiger partial charge in [0.2, 0.25) is 0 Å². The van der Waals surface area contributed by atoms with Crippen molar-refractivity contribution in [2.45, 2.75) is 44.6 Å². The molecule has 4 heteroatoms. The Bertz CT molecular complexity index is 446. The molecule has 1 fully saturated rings. The SMILES string of the molecule is CN(CCCNc1cccc(C#N)n1)C1CCCCC1. The summed E-state index contributed by atoms with van der Waals surface area (Å²) in [4.78, 5) is 6.71. The topological polar surface area (TPSA) is 52.0 Å². The van der Waals surface area contributed by atoms with Crippen molar-refractivity contribution in [3.8, 4) is 6.07 Å². The van der Waals surface area contributed by atoms with Crippen molar-refractivity contribution in [2.75, 3.05) is 25.5 Å².